The van der Waals surface area contributed by atoms with E-state index in [2.05, 4.69) is 51.3 Å². The second-order valence-electron chi connectivity index (χ2n) is 5.71. The van der Waals surface area contributed by atoms with Gasteiger partial charge in [-0.15, -0.1) is 0 Å². The van der Waals surface area contributed by atoms with Crippen LogP contribution in [0, 0.1) is 5.92 Å². The first-order chi connectivity index (χ1) is 7.44. The summed E-state index contributed by atoms with van der Waals surface area (Å²) in [4.78, 5) is 2.66. The minimum Gasteiger partial charge on any atom is -0.329 e. The second kappa shape index (κ2) is 5.74. The van der Waals surface area contributed by atoms with Gasteiger partial charge in [0.15, 0.2) is 0 Å². The topological polar surface area (TPSA) is 29.3 Å². The largest absolute Gasteiger partial charge is 0.329 e. The van der Waals surface area contributed by atoms with Gasteiger partial charge in [-0.1, -0.05) is 20.8 Å². The number of nitrogens with two attached hydrogens (primary N) is 1. The van der Waals surface area contributed by atoms with Crippen LogP contribution < -0.4 is 5.73 Å². The maximum Gasteiger partial charge on any atom is 0.0457 e. The molecule has 2 nitrogen and oxygen atoms in total. The Bertz CT molecular complexity index is 218. The van der Waals surface area contributed by atoms with Crippen molar-refractivity contribution in [1.82, 2.24) is 4.90 Å². The van der Waals surface area contributed by atoms with Crippen molar-refractivity contribution in [2.75, 3.05) is 18.8 Å². The van der Waals surface area contributed by atoms with E-state index < -0.39 is 0 Å². The van der Waals surface area contributed by atoms with Crippen LogP contribution in [-0.2, 0) is 0 Å². The molecule has 2 unspecified atom stereocenters. The van der Waals surface area contributed by atoms with E-state index >= 15 is 0 Å². The third kappa shape index (κ3) is 2.74. The highest BCUT2D eigenvalue weighted by molar-refractivity contribution is 8.00. The van der Waals surface area contributed by atoms with Crippen LogP contribution in [0.15, 0.2) is 0 Å². The summed E-state index contributed by atoms with van der Waals surface area (Å²) in [5.74, 6) is 1.98. The van der Waals surface area contributed by atoms with E-state index in [0.717, 1.165) is 6.54 Å². The Balaban J connectivity index is 2.88. The molecule has 0 aromatic carbocycles. The summed E-state index contributed by atoms with van der Waals surface area (Å²) in [5, 5.41) is 0.665. The first kappa shape index (κ1) is 14.3. The van der Waals surface area contributed by atoms with Gasteiger partial charge in [-0.05, 0) is 31.9 Å². The van der Waals surface area contributed by atoms with Gasteiger partial charge in [0, 0.05) is 29.9 Å². The average molecular weight is 244 g/mol. The molecule has 1 fully saturated rings. The zero-order valence-electron chi connectivity index (χ0n) is 11.5. The van der Waals surface area contributed by atoms with E-state index in [4.69, 9.17) is 5.73 Å². The molecule has 0 aromatic heterocycles. The van der Waals surface area contributed by atoms with Crippen molar-refractivity contribution in [1.29, 1.82) is 0 Å². The monoisotopic (exact) mass is 244 g/mol. The van der Waals surface area contributed by atoms with Crippen LogP contribution >= 0.6 is 11.8 Å². The molecule has 2 atom stereocenters. The molecule has 2 N–H and O–H groups in total. The minimum atomic E-state index is 0.239. The quantitative estimate of drug-likeness (QED) is 0.806. The summed E-state index contributed by atoms with van der Waals surface area (Å²) in [6.45, 7) is 13.5. The van der Waals surface area contributed by atoms with Gasteiger partial charge in [-0.3, -0.25) is 4.90 Å². The third-order valence-electron chi connectivity index (χ3n) is 3.77. The Labute approximate surface area is 105 Å². The summed E-state index contributed by atoms with van der Waals surface area (Å²) in [6.07, 6.45) is 1.25. The number of hydrogen-bond donors (Lipinski definition) is 1. The van der Waals surface area contributed by atoms with Crippen LogP contribution in [0.4, 0.5) is 0 Å². The predicted molar refractivity (Wildman–Crippen MR) is 75.0 cm³/mol. The van der Waals surface area contributed by atoms with Gasteiger partial charge >= 0.3 is 0 Å². The van der Waals surface area contributed by atoms with E-state index in [1.165, 1.54) is 18.7 Å². The highest BCUT2D eigenvalue weighted by Gasteiger charge is 2.45. The van der Waals surface area contributed by atoms with Gasteiger partial charge in [0.2, 0.25) is 0 Å². The zero-order chi connectivity index (χ0) is 12.3. The van der Waals surface area contributed by atoms with E-state index in [9.17, 15) is 0 Å². The van der Waals surface area contributed by atoms with Gasteiger partial charge in [-0.25, -0.2) is 0 Å². The van der Waals surface area contributed by atoms with Crippen molar-refractivity contribution < 1.29 is 0 Å². The normalized spacial score (nSPS) is 30.9. The molecule has 0 saturated carbocycles. The summed E-state index contributed by atoms with van der Waals surface area (Å²) in [6, 6.07) is 0.590. The molecule has 0 amide bonds. The van der Waals surface area contributed by atoms with E-state index in [0.29, 0.717) is 17.2 Å². The Kier molecular flexibility index (Phi) is 5.14. The highest BCUT2D eigenvalue weighted by Crippen LogP contribution is 2.40. The fraction of sp³-hybridized carbons (Fsp3) is 1.00. The van der Waals surface area contributed by atoms with Crippen molar-refractivity contribution in [3.8, 4) is 0 Å². The lowest BCUT2D eigenvalue weighted by molar-refractivity contribution is 0.0526. The molecule has 3 heteroatoms. The summed E-state index contributed by atoms with van der Waals surface area (Å²) >= 11 is 2.08. The Morgan fingerprint density at radius 3 is 2.31 bits per heavy atom. The van der Waals surface area contributed by atoms with Crippen LogP contribution in [0.3, 0.4) is 0 Å². The van der Waals surface area contributed by atoms with Crippen LogP contribution in [0.1, 0.15) is 41.0 Å². The lowest BCUT2D eigenvalue weighted by atomic mass is 9.88. The molecule has 0 aliphatic carbocycles. The number of rotatable bonds is 5. The van der Waals surface area contributed by atoms with E-state index in [1.54, 1.807) is 0 Å². The molecule has 0 radical (unpaired) electrons. The zero-order valence-corrected chi connectivity index (χ0v) is 12.3. The molecule has 1 saturated heterocycles. The van der Waals surface area contributed by atoms with Crippen LogP contribution in [-0.4, -0.2) is 40.6 Å². The first-order valence-electron chi connectivity index (χ1n) is 6.52. The lowest BCUT2D eigenvalue weighted by Gasteiger charge is -2.46. The van der Waals surface area contributed by atoms with Crippen molar-refractivity contribution >= 4 is 11.8 Å². The van der Waals surface area contributed by atoms with Gasteiger partial charge in [0.1, 0.15) is 0 Å². The van der Waals surface area contributed by atoms with Crippen molar-refractivity contribution in [3.05, 3.63) is 0 Å². The highest BCUT2D eigenvalue weighted by atomic mass is 32.2. The smallest absolute Gasteiger partial charge is 0.0457 e. The molecule has 0 spiro atoms. The minimum absolute atomic E-state index is 0.239. The molecule has 0 aromatic rings. The Hall–Kier alpha value is 0.270. The maximum absolute atomic E-state index is 6.12. The number of thioether (sulfide) groups is 1. The van der Waals surface area contributed by atoms with E-state index in [1.807, 2.05) is 0 Å². The molecule has 1 heterocycles. The van der Waals surface area contributed by atoms with Gasteiger partial charge in [-0.2, -0.15) is 11.8 Å². The molecule has 1 aliphatic heterocycles. The van der Waals surface area contributed by atoms with Crippen molar-refractivity contribution in [3.63, 3.8) is 0 Å². The predicted octanol–water partition coefficient (Wildman–Crippen LogP) is 2.58. The van der Waals surface area contributed by atoms with Gasteiger partial charge in [0.25, 0.3) is 0 Å². The maximum atomic E-state index is 6.12. The molecule has 1 aliphatic rings. The lowest BCUT2D eigenvalue weighted by Crippen LogP contribution is -2.60. The molecule has 96 valence electrons. The molecular weight excluding hydrogens is 216 g/mol. The molecular formula is C13H28N2S. The molecule has 1 rings (SSSR count). The first-order valence-corrected chi connectivity index (χ1v) is 7.57. The standard InChI is InChI=1S/C13H28N2S/c1-10(2)8-15(11(3)4)13(9-14)6-7-16-12(13)5/h10-12H,6-9,14H2,1-5H3. The van der Waals surface area contributed by atoms with E-state index in [-0.39, 0.29) is 5.54 Å². The molecule has 16 heavy (non-hydrogen) atoms. The number of hydrogen-bond acceptors (Lipinski definition) is 3. The van der Waals surface area contributed by atoms with Gasteiger partial charge < -0.3 is 5.73 Å². The third-order valence-corrected chi connectivity index (χ3v) is 5.15. The van der Waals surface area contributed by atoms with Crippen molar-refractivity contribution in [2.45, 2.75) is 57.9 Å². The average Bonchev–Trinajstić information content (AvgIpc) is 2.56. The van der Waals surface area contributed by atoms with Crippen LogP contribution in [0.2, 0.25) is 0 Å². The van der Waals surface area contributed by atoms with Gasteiger partial charge in [0.05, 0.1) is 0 Å². The fourth-order valence-corrected chi connectivity index (χ4v) is 4.32. The van der Waals surface area contributed by atoms with Crippen molar-refractivity contribution in [2.24, 2.45) is 11.7 Å². The number of nitrogens with zero attached hydrogens (tertiary/aromatic N) is 1. The second-order valence-corrected chi connectivity index (χ2v) is 7.16. The Morgan fingerprint density at radius 1 is 1.38 bits per heavy atom. The summed E-state index contributed by atoms with van der Waals surface area (Å²) in [7, 11) is 0. The van der Waals surface area contributed by atoms with Crippen LogP contribution in [0.5, 0.6) is 0 Å². The molecule has 0 bridgehead atoms. The fourth-order valence-electron chi connectivity index (χ4n) is 2.83. The summed E-state index contributed by atoms with van der Waals surface area (Å²) in [5.41, 5.74) is 6.36. The summed E-state index contributed by atoms with van der Waals surface area (Å²) < 4.78 is 0. The SMILES string of the molecule is CC(C)CN(C(C)C)C1(CN)CCSC1C. The Morgan fingerprint density at radius 2 is 2.00 bits per heavy atom. The van der Waals surface area contributed by atoms with Crippen LogP contribution in [0.25, 0.3) is 0 Å².